The molecule has 1 aromatic carbocycles. The number of hydrogen-bond acceptors (Lipinski definition) is 1. The third-order valence-corrected chi connectivity index (χ3v) is 1.01. The van der Waals surface area contributed by atoms with Crippen LogP contribution in [0.2, 0.25) is 0 Å². The van der Waals surface area contributed by atoms with Gasteiger partial charge in [0, 0.05) is 5.56 Å². The van der Waals surface area contributed by atoms with Gasteiger partial charge >= 0.3 is 0 Å². The molecule has 2 heteroatoms. The average Bonchev–Trinajstić information content (AvgIpc) is 1.89. The van der Waals surface area contributed by atoms with Crippen LogP contribution in [0.1, 0.15) is 5.56 Å². The van der Waals surface area contributed by atoms with E-state index in [1.54, 1.807) is 12.1 Å². The number of hydrogen-bond donors (Lipinski definition) is 1. The van der Waals surface area contributed by atoms with E-state index >= 15 is 0 Å². The van der Waals surface area contributed by atoms with Gasteiger partial charge in [0.05, 0.1) is 6.21 Å². The minimum Gasteiger partial charge on any atom is -0.298 e. The Kier molecular flexibility index (Phi) is 1.58. The third-order valence-electron chi connectivity index (χ3n) is 1.01. The van der Waals surface area contributed by atoms with Crippen molar-refractivity contribution in [2.75, 3.05) is 0 Å². The zero-order valence-corrected chi connectivity index (χ0v) is 4.69. The minimum atomic E-state index is -0.396. The summed E-state index contributed by atoms with van der Waals surface area (Å²) in [6, 6.07) is 6.05. The summed E-state index contributed by atoms with van der Waals surface area (Å²) in [6.45, 7) is 0. The fourth-order valence-electron chi connectivity index (χ4n) is 0.563. The van der Waals surface area contributed by atoms with Gasteiger partial charge in [-0.3, -0.25) is 5.41 Å². The van der Waals surface area contributed by atoms with Gasteiger partial charge in [-0.1, -0.05) is 12.1 Å². The van der Waals surface area contributed by atoms with Gasteiger partial charge in [-0.2, -0.15) is 0 Å². The third kappa shape index (κ3) is 1.13. The second-order valence-electron chi connectivity index (χ2n) is 1.60. The molecule has 0 bridgehead atoms. The molecule has 0 aliphatic rings. The number of rotatable bonds is 1. The van der Waals surface area contributed by atoms with Crippen LogP contribution in [0, 0.1) is 11.2 Å². The number of halogens is 1. The molecule has 0 aliphatic carbocycles. The largest absolute Gasteiger partial charge is 0.298 e. The molecule has 0 spiro atoms. The van der Waals surface area contributed by atoms with Gasteiger partial charge in [0.25, 0.3) is 0 Å². The lowest BCUT2D eigenvalue weighted by molar-refractivity contribution is 0.626. The molecule has 1 N–H and O–H groups in total. The summed E-state index contributed by atoms with van der Waals surface area (Å²) >= 11 is 0. The molecule has 0 saturated heterocycles. The van der Waals surface area contributed by atoms with Crippen molar-refractivity contribution in [2.45, 2.75) is 0 Å². The van der Waals surface area contributed by atoms with E-state index in [1.807, 2.05) is 6.21 Å². The molecule has 45 valence electrons. The lowest BCUT2D eigenvalue weighted by atomic mass is 10.2. The fourth-order valence-corrected chi connectivity index (χ4v) is 0.563. The topological polar surface area (TPSA) is 23.9 Å². The second kappa shape index (κ2) is 2.40. The lowest BCUT2D eigenvalue weighted by Gasteiger charge is -1.89. The van der Waals surface area contributed by atoms with Crippen molar-refractivity contribution in [1.29, 1.82) is 5.41 Å². The molecule has 0 unspecified atom stereocenters. The normalized spacial score (nSPS) is 9.00. The number of nitrogens with one attached hydrogen (secondary N) is 1. The van der Waals surface area contributed by atoms with Gasteiger partial charge in [0.2, 0.25) is 0 Å². The zero-order valence-electron chi connectivity index (χ0n) is 4.69. The van der Waals surface area contributed by atoms with Crippen LogP contribution < -0.4 is 0 Å². The van der Waals surface area contributed by atoms with Gasteiger partial charge in [-0.15, -0.1) is 0 Å². The number of benzene rings is 1. The SMILES string of the molecule is N=[C]c1ccccc1F. The predicted molar refractivity (Wildman–Crippen MR) is 33.2 cm³/mol. The van der Waals surface area contributed by atoms with Crippen LogP contribution >= 0.6 is 0 Å². The first-order valence-corrected chi connectivity index (χ1v) is 2.52. The molecule has 1 radical (unpaired) electrons. The minimum absolute atomic E-state index is 0.206. The monoisotopic (exact) mass is 122 g/mol. The Hall–Kier alpha value is -1.18. The molecule has 0 amide bonds. The van der Waals surface area contributed by atoms with Gasteiger partial charge in [0.1, 0.15) is 5.82 Å². The highest BCUT2D eigenvalue weighted by atomic mass is 19.1. The highest BCUT2D eigenvalue weighted by molar-refractivity contribution is 5.76. The maximum Gasteiger partial charge on any atom is 0.132 e. The summed E-state index contributed by atoms with van der Waals surface area (Å²) in [5.74, 6) is -0.396. The highest BCUT2D eigenvalue weighted by Gasteiger charge is 1.93. The van der Waals surface area contributed by atoms with E-state index in [4.69, 9.17) is 5.41 Å². The molecule has 0 heterocycles. The first kappa shape index (κ1) is 5.95. The Bertz CT molecular complexity index is 220. The van der Waals surface area contributed by atoms with E-state index in [1.165, 1.54) is 12.1 Å². The van der Waals surface area contributed by atoms with Crippen molar-refractivity contribution >= 4 is 6.21 Å². The maximum atomic E-state index is 12.4. The molecule has 0 aromatic heterocycles. The quantitative estimate of drug-likeness (QED) is 0.548. The molecule has 0 aliphatic heterocycles. The predicted octanol–water partition coefficient (Wildman–Crippen LogP) is 1.70. The standard InChI is InChI=1S/C7H5FN/c8-7-4-2-1-3-6(7)5-9/h1-4,9H. The van der Waals surface area contributed by atoms with Crippen molar-refractivity contribution in [3.8, 4) is 0 Å². The molecule has 1 nitrogen and oxygen atoms in total. The molecule has 1 rings (SSSR count). The molecule has 9 heavy (non-hydrogen) atoms. The van der Waals surface area contributed by atoms with Crippen LogP contribution in [0.4, 0.5) is 4.39 Å². The van der Waals surface area contributed by atoms with Crippen molar-refractivity contribution in [2.24, 2.45) is 0 Å². The molecule has 0 saturated carbocycles. The van der Waals surface area contributed by atoms with Crippen LogP contribution in [0.3, 0.4) is 0 Å². The molecule has 0 atom stereocenters. The van der Waals surface area contributed by atoms with Gasteiger partial charge in [0.15, 0.2) is 0 Å². The van der Waals surface area contributed by atoms with Crippen molar-refractivity contribution < 1.29 is 4.39 Å². The summed E-state index contributed by atoms with van der Waals surface area (Å²) in [5.41, 5.74) is 0.206. The van der Waals surface area contributed by atoms with Crippen molar-refractivity contribution in [3.63, 3.8) is 0 Å². The van der Waals surface area contributed by atoms with Crippen molar-refractivity contribution in [3.05, 3.63) is 35.6 Å². The molecular weight excluding hydrogens is 117 g/mol. The Morgan fingerprint density at radius 3 is 2.44 bits per heavy atom. The van der Waals surface area contributed by atoms with Gasteiger partial charge < -0.3 is 0 Å². The van der Waals surface area contributed by atoms with E-state index in [9.17, 15) is 4.39 Å². The summed E-state index contributed by atoms with van der Waals surface area (Å²) < 4.78 is 12.4. The van der Waals surface area contributed by atoms with Crippen LogP contribution in [0.25, 0.3) is 0 Å². The average molecular weight is 122 g/mol. The zero-order chi connectivity index (χ0) is 6.69. The summed E-state index contributed by atoms with van der Waals surface area (Å²) in [7, 11) is 0. The van der Waals surface area contributed by atoms with Gasteiger partial charge in [-0.25, -0.2) is 4.39 Å². The fraction of sp³-hybridized carbons (Fsp3) is 0. The Balaban J connectivity index is 3.15. The summed E-state index contributed by atoms with van der Waals surface area (Å²) in [6.07, 6.45) is 1.97. The molecule has 0 fully saturated rings. The van der Waals surface area contributed by atoms with Crippen LogP contribution in [-0.4, -0.2) is 6.21 Å². The smallest absolute Gasteiger partial charge is 0.132 e. The van der Waals surface area contributed by atoms with E-state index in [-0.39, 0.29) is 5.56 Å². The summed E-state index contributed by atoms with van der Waals surface area (Å²) in [5, 5.41) is 6.59. The Labute approximate surface area is 52.6 Å². The lowest BCUT2D eigenvalue weighted by Crippen LogP contribution is -1.83. The van der Waals surface area contributed by atoms with Crippen LogP contribution in [0.15, 0.2) is 24.3 Å². The first-order chi connectivity index (χ1) is 4.34. The van der Waals surface area contributed by atoms with Crippen LogP contribution in [0.5, 0.6) is 0 Å². The van der Waals surface area contributed by atoms with Crippen LogP contribution in [-0.2, 0) is 0 Å². The molecular formula is C7H5FN. The van der Waals surface area contributed by atoms with E-state index in [2.05, 4.69) is 0 Å². The van der Waals surface area contributed by atoms with E-state index in [0.717, 1.165) is 0 Å². The summed E-state index contributed by atoms with van der Waals surface area (Å²) in [4.78, 5) is 0. The first-order valence-electron chi connectivity index (χ1n) is 2.52. The van der Waals surface area contributed by atoms with E-state index in [0.29, 0.717) is 0 Å². The second-order valence-corrected chi connectivity index (χ2v) is 1.60. The Morgan fingerprint density at radius 1 is 1.33 bits per heavy atom. The Morgan fingerprint density at radius 2 is 2.00 bits per heavy atom. The van der Waals surface area contributed by atoms with Crippen molar-refractivity contribution in [1.82, 2.24) is 0 Å². The maximum absolute atomic E-state index is 12.4. The van der Waals surface area contributed by atoms with Gasteiger partial charge in [-0.05, 0) is 12.1 Å². The highest BCUT2D eigenvalue weighted by Crippen LogP contribution is 2.01. The van der Waals surface area contributed by atoms with E-state index < -0.39 is 5.82 Å². The molecule has 1 aromatic rings.